The fourth-order valence-electron chi connectivity index (χ4n) is 3.73. The first kappa shape index (κ1) is 24.0. The van der Waals surface area contributed by atoms with Gasteiger partial charge in [-0.2, -0.15) is 0 Å². The van der Waals surface area contributed by atoms with E-state index in [1.54, 1.807) is 25.3 Å². The maximum atomic E-state index is 13.7. The molecule has 9 nitrogen and oxygen atoms in total. The number of para-hydroxylation sites is 1. The largest absolute Gasteiger partial charge is 0.481 e. The molecule has 2 heterocycles. The van der Waals surface area contributed by atoms with E-state index in [0.29, 0.717) is 33.9 Å². The predicted molar refractivity (Wildman–Crippen MR) is 125 cm³/mol. The van der Waals surface area contributed by atoms with Gasteiger partial charge in [-0.25, -0.2) is 9.07 Å². The van der Waals surface area contributed by atoms with Gasteiger partial charge in [0, 0.05) is 30.0 Å². The van der Waals surface area contributed by atoms with Crippen LogP contribution in [0.25, 0.3) is 22.1 Å². The van der Waals surface area contributed by atoms with Crippen molar-refractivity contribution in [1.29, 1.82) is 0 Å². The lowest BCUT2D eigenvalue weighted by Gasteiger charge is -2.13. The highest BCUT2D eigenvalue weighted by Gasteiger charge is 2.21. The Morgan fingerprint density at radius 3 is 2.57 bits per heavy atom. The number of aromatic nitrogens is 4. The number of nitrogens with zero attached hydrogens (tertiary/aromatic N) is 4. The van der Waals surface area contributed by atoms with Crippen LogP contribution in [0.3, 0.4) is 0 Å². The van der Waals surface area contributed by atoms with Crippen LogP contribution in [0, 0.1) is 5.82 Å². The van der Waals surface area contributed by atoms with Crippen molar-refractivity contribution in [2.24, 2.45) is 7.05 Å². The Labute approximate surface area is 199 Å². The first-order chi connectivity index (χ1) is 16.8. The maximum absolute atomic E-state index is 13.7. The van der Waals surface area contributed by atoms with Gasteiger partial charge in [-0.05, 0) is 40.3 Å². The highest BCUT2D eigenvalue weighted by molar-refractivity contribution is 6.01. The van der Waals surface area contributed by atoms with E-state index in [0.717, 1.165) is 5.39 Å². The third-order valence-electron chi connectivity index (χ3n) is 5.34. The van der Waals surface area contributed by atoms with Gasteiger partial charge in [0.25, 0.3) is 0 Å². The molecule has 3 N–H and O–H groups in total. The first-order valence-electron chi connectivity index (χ1n) is 10.8. The molecule has 2 aromatic carbocycles. The van der Waals surface area contributed by atoms with E-state index in [4.69, 9.17) is 9.52 Å². The highest BCUT2D eigenvalue weighted by atomic mass is 19.1. The molecule has 10 heteroatoms. The molecule has 180 valence electrons. The molecule has 0 spiro atoms. The molecule has 4 aromatic rings. The lowest BCUT2D eigenvalue weighted by molar-refractivity contribution is -0.139. The van der Waals surface area contributed by atoms with Gasteiger partial charge in [0.1, 0.15) is 17.2 Å². The van der Waals surface area contributed by atoms with Crippen molar-refractivity contribution in [3.05, 3.63) is 89.7 Å². The molecule has 0 bridgehead atoms. The summed E-state index contributed by atoms with van der Waals surface area (Å²) >= 11 is 0. The number of aliphatic hydroxyl groups is 2. The van der Waals surface area contributed by atoms with Crippen LogP contribution >= 0.6 is 0 Å². The first-order valence-corrected chi connectivity index (χ1v) is 10.8. The number of carboxylic acid groups (broad SMARTS) is 1. The van der Waals surface area contributed by atoms with E-state index in [1.807, 2.05) is 30.3 Å². The summed E-state index contributed by atoms with van der Waals surface area (Å²) in [6.45, 7) is 0. The second-order valence-electron chi connectivity index (χ2n) is 7.98. The Kier molecular flexibility index (Phi) is 7.14. The van der Waals surface area contributed by atoms with Gasteiger partial charge in [-0.1, -0.05) is 42.5 Å². The molecule has 35 heavy (non-hydrogen) atoms. The highest BCUT2D eigenvalue weighted by Crippen LogP contribution is 2.35. The van der Waals surface area contributed by atoms with Crippen LogP contribution in [0.1, 0.15) is 30.0 Å². The van der Waals surface area contributed by atoms with Gasteiger partial charge in [-0.15, -0.1) is 5.10 Å². The molecule has 0 fully saturated rings. The molecule has 0 saturated carbocycles. The number of rotatable bonds is 9. The number of aliphatic carboxylic acids is 1. The van der Waals surface area contributed by atoms with Gasteiger partial charge in [0.15, 0.2) is 5.82 Å². The summed E-state index contributed by atoms with van der Waals surface area (Å²) in [5.74, 6) is -0.749. The number of fused-ring (bicyclic) bond motifs is 1. The van der Waals surface area contributed by atoms with Crippen LogP contribution in [0.15, 0.2) is 71.2 Å². The van der Waals surface area contributed by atoms with Crippen LogP contribution in [-0.4, -0.2) is 53.7 Å². The minimum atomic E-state index is -1.22. The second kappa shape index (κ2) is 10.4. The molecule has 0 saturated heterocycles. The fraction of sp³-hybridized carbons (Fsp3) is 0.200. The molecule has 2 atom stereocenters. The van der Waals surface area contributed by atoms with Crippen molar-refractivity contribution in [3.8, 4) is 0 Å². The fourth-order valence-corrected chi connectivity index (χ4v) is 3.73. The van der Waals surface area contributed by atoms with Crippen molar-refractivity contribution < 1.29 is 28.9 Å². The SMILES string of the molecule is Cn1nnnc1C(C=C[C@@H](O)C[C@@H](O)CC(=O)O)=C(c1ccc(F)cc1)c1cc2ccccc2o1. The summed E-state index contributed by atoms with van der Waals surface area (Å²) in [5, 5.41) is 41.7. The summed E-state index contributed by atoms with van der Waals surface area (Å²) in [5.41, 5.74) is 2.29. The van der Waals surface area contributed by atoms with E-state index in [1.165, 1.54) is 22.9 Å². The quantitative estimate of drug-likeness (QED) is 0.312. The van der Waals surface area contributed by atoms with Crippen molar-refractivity contribution in [1.82, 2.24) is 20.2 Å². The lowest BCUT2D eigenvalue weighted by Crippen LogP contribution is -2.19. The average molecular weight is 478 g/mol. The van der Waals surface area contributed by atoms with Crippen molar-refractivity contribution in [3.63, 3.8) is 0 Å². The lowest BCUT2D eigenvalue weighted by atomic mass is 9.95. The molecular formula is C25H23FN4O5. The Hall–Kier alpha value is -4.15. The summed E-state index contributed by atoms with van der Waals surface area (Å²) in [4.78, 5) is 10.8. The van der Waals surface area contributed by atoms with Gasteiger partial charge in [0.2, 0.25) is 0 Å². The number of hydrogen-bond donors (Lipinski definition) is 3. The third kappa shape index (κ3) is 5.68. The molecule has 0 radical (unpaired) electrons. The van der Waals surface area contributed by atoms with Gasteiger partial charge >= 0.3 is 5.97 Å². The standard InChI is InChI=1S/C25H23FN4O5/c1-30-25(27-28-29-30)20(11-10-18(31)13-19(32)14-23(33)34)24(15-6-8-17(26)9-7-15)22-12-16-4-2-3-5-21(16)35-22/h2-12,18-19,31-32H,13-14H2,1H3,(H,33,34)/t18-,19-/m1/s1. The second-order valence-corrected chi connectivity index (χ2v) is 7.98. The number of allylic oxidation sites excluding steroid dienone is 2. The van der Waals surface area contributed by atoms with Crippen molar-refractivity contribution >= 4 is 28.1 Å². The number of benzene rings is 2. The zero-order valence-electron chi connectivity index (χ0n) is 18.7. The minimum absolute atomic E-state index is 0.177. The third-order valence-corrected chi connectivity index (χ3v) is 5.34. The monoisotopic (exact) mass is 478 g/mol. The smallest absolute Gasteiger partial charge is 0.305 e. The molecular weight excluding hydrogens is 455 g/mol. The maximum Gasteiger partial charge on any atom is 0.305 e. The zero-order valence-corrected chi connectivity index (χ0v) is 18.7. The van der Waals surface area contributed by atoms with Crippen LogP contribution in [0.4, 0.5) is 4.39 Å². The zero-order chi connectivity index (χ0) is 24.9. The summed E-state index contributed by atoms with van der Waals surface area (Å²) in [6, 6.07) is 15.2. The Morgan fingerprint density at radius 2 is 1.91 bits per heavy atom. The Morgan fingerprint density at radius 1 is 1.17 bits per heavy atom. The number of furan rings is 1. The van der Waals surface area contributed by atoms with E-state index in [-0.39, 0.29) is 6.42 Å². The molecule has 0 unspecified atom stereocenters. The predicted octanol–water partition coefficient (Wildman–Crippen LogP) is 3.20. The van der Waals surface area contributed by atoms with Crippen molar-refractivity contribution in [2.45, 2.75) is 25.0 Å². The Bertz CT molecular complexity index is 1360. The molecule has 0 aliphatic rings. The van der Waals surface area contributed by atoms with Crippen LogP contribution < -0.4 is 0 Å². The number of carboxylic acids is 1. The van der Waals surface area contributed by atoms with Gasteiger partial charge < -0.3 is 19.7 Å². The van der Waals surface area contributed by atoms with E-state index in [9.17, 15) is 19.4 Å². The molecule has 4 rings (SSSR count). The number of tetrazole rings is 1. The number of aliphatic hydroxyl groups excluding tert-OH is 2. The minimum Gasteiger partial charge on any atom is -0.481 e. The van der Waals surface area contributed by atoms with E-state index < -0.39 is 30.4 Å². The summed E-state index contributed by atoms with van der Waals surface area (Å²) < 4.78 is 21.3. The molecule has 0 aliphatic heterocycles. The Balaban J connectivity index is 1.87. The average Bonchev–Trinajstić information content (AvgIpc) is 3.42. The van der Waals surface area contributed by atoms with Crippen LogP contribution in [0.5, 0.6) is 0 Å². The summed E-state index contributed by atoms with van der Waals surface area (Å²) in [6.07, 6.45) is -0.0324. The molecule has 0 amide bonds. The van der Waals surface area contributed by atoms with Gasteiger partial charge in [0.05, 0.1) is 18.6 Å². The number of halogens is 1. The van der Waals surface area contributed by atoms with Gasteiger partial charge in [-0.3, -0.25) is 4.79 Å². The van der Waals surface area contributed by atoms with Crippen LogP contribution in [-0.2, 0) is 11.8 Å². The van der Waals surface area contributed by atoms with Crippen LogP contribution in [0.2, 0.25) is 0 Å². The summed E-state index contributed by atoms with van der Waals surface area (Å²) in [7, 11) is 1.65. The number of carbonyl (C=O) groups is 1. The number of aryl methyl sites for hydroxylation is 1. The van der Waals surface area contributed by atoms with E-state index in [2.05, 4.69) is 15.5 Å². The number of hydrogen-bond acceptors (Lipinski definition) is 7. The van der Waals surface area contributed by atoms with Crippen molar-refractivity contribution in [2.75, 3.05) is 0 Å². The molecule has 2 aromatic heterocycles. The molecule has 0 aliphatic carbocycles. The normalized spacial score (nSPS) is 14.3. The van der Waals surface area contributed by atoms with E-state index >= 15 is 0 Å². The topological polar surface area (TPSA) is 134 Å².